The zero-order valence-corrected chi connectivity index (χ0v) is 20.9. The fraction of sp³-hybridized carbons (Fsp3) is 0.226. The van der Waals surface area contributed by atoms with Crippen LogP contribution < -0.4 is 5.32 Å². The fourth-order valence-corrected chi connectivity index (χ4v) is 4.11. The maximum atomic E-state index is 13.0. The number of nitrogens with one attached hydrogen (secondary N) is 1. The number of aromatic nitrogens is 3. The highest BCUT2D eigenvalue weighted by atomic mass is 16.1. The lowest BCUT2D eigenvalue weighted by molar-refractivity contribution is 0.0922. The minimum absolute atomic E-state index is 0.0445. The number of amides is 1. The summed E-state index contributed by atoms with van der Waals surface area (Å²) in [6.45, 7) is 8.08. The summed E-state index contributed by atoms with van der Waals surface area (Å²) in [6, 6.07) is 23.5. The Kier molecular flexibility index (Phi) is 8.35. The highest BCUT2D eigenvalue weighted by Crippen LogP contribution is 2.29. The quantitative estimate of drug-likeness (QED) is 0.198. The van der Waals surface area contributed by atoms with Crippen LogP contribution in [0.4, 0.5) is 0 Å². The summed E-state index contributed by atoms with van der Waals surface area (Å²) in [5.41, 5.74) is 5.77. The first-order valence-electron chi connectivity index (χ1n) is 12.4. The zero-order chi connectivity index (χ0) is 25.3. The third-order valence-corrected chi connectivity index (χ3v) is 6.21. The molecule has 0 aliphatic rings. The Hall–Kier alpha value is -4.12. The van der Waals surface area contributed by atoms with Gasteiger partial charge in [-0.25, -0.2) is 4.98 Å². The van der Waals surface area contributed by atoms with Gasteiger partial charge in [0.1, 0.15) is 0 Å². The average molecular weight is 477 g/mol. The summed E-state index contributed by atoms with van der Waals surface area (Å²) in [5.74, 6) is 0.321. The molecule has 4 rings (SSSR count). The number of carbonyl (C=O) groups excluding carboxylic acids is 1. The molecule has 1 N–H and O–H groups in total. The van der Waals surface area contributed by atoms with Gasteiger partial charge < -0.3 is 5.32 Å². The summed E-state index contributed by atoms with van der Waals surface area (Å²) in [6.07, 6.45) is 8.37. The lowest BCUT2D eigenvalue weighted by Gasteiger charge is -2.22. The Morgan fingerprint density at radius 3 is 1.97 bits per heavy atom. The molecule has 0 spiro atoms. The first-order valence-corrected chi connectivity index (χ1v) is 12.4. The molecule has 3 aromatic heterocycles. The highest BCUT2D eigenvalue weighted by Gasteiger charge is 2.17. The molecule has 1 amide bonds. The van der Waals surface area contributed by atoms with E-state index in [9.17, 15) is 4.79 Å². The smallest absolute Gasteiger partial charge is 0.251 e. The van der Waals surface area contributed by atoms with Crippen molar-refractivity contribution < 1.29 is 4.79 Å². The normalized spacial score (nSPS) is 11.8. The van der Waals surface area contributed by atoms with Gasteiger partial charge in [-0.05, 0) is 84.8 Å². The Labute approximate surface area is 213 Å². The lowest BCUT2D eigenvalue weighted by atomic mass is 9.97. The van der Waals surface area contributed by atoms with Crippen molar-refractivity contribution in [1.29, 1.82) is 0 Å². The summed E-state index contributed by atoms with van der Waals surface area (Å²) < 4.78 is 0. The van der Waals surface area contributed by atoms with Crippen LogP contribution in [-0.2, 0) is 0 Å². The second kappa shape index (κ2) is 12.0. The lowest BCUT2D eigenvalue weighted by Crippen LogP contribution is -2.38. The van der Waals surface area contributed by atoms with Gasteiger partial charge in [-0.2, -0.15) is 0 Å². The molecule has 5 heteroatoms. The third-order valence-electron chi connectivity index (χ3n) is 6.21. The van der Waals surface area contributed by atoms with Gasteiger partial charge in [0, 0.05) is 24.0 Å². The summed E-state index contributed by atoms with van der Waals surface area (Å²) >= 11 is 0. The van der Waals surface area contributed by atoms with E-state index in [2.05, 4.69) is 35.7 Å². The number of rotatable bonds is 10. The maximum Gasteiger partial charge on any atom is 0.251 e. The first kappa shape index (κ1) is 25.0. The minimum atomic E-state index is -0.0445. The summed E-state index contributed by atoms with van der Waals surface area (Å²) in [7, 11) is 0. The van der Waals surface area contributed by atoms with Gasteiger partial charge in [0.2, 0.25) is 0 Å². The van der Waals surface area contributed by atoms with Gasteiger partial charge in [0.15, 0.2) is 0 Å². The molecule has 0 saturated carbocycles. The SMILES string of the molecule is C=CCCCC(NC(=O)c1ccc(-c2cc(-c3ccccn3)nc(-c3ccccn3)c2)cc1)C(C)C. The molecule has 1 atom stereocenters. The largest absolute Gasteiger partial charge is 0.349 e. The topological polar surface area (TPSA) is 67.8 Å². The van der Waals surface area contributed by atoms with Crippen molar-refractivity contribution in [2.45, 2.75) is 39.2 Å². The number of carbonyl (C=O) groups is 1. The molecule has 36 heavy (non-hydrogen) atoms. The van der Waals surface area contributed by atoms with E-state index in [-0.39, 0.29) is 11.9 Å². The van der Waals surface area contributed by atoms with Crippen molar-refractivity contribution in [2.75, 3.05) is 0 Å². The molecule has 0 aliphatic carbocycles. The molecule has 1 unspecified atom stereocenters. The Morgan fingerprint density at radius 1 is 0.861 bits per heavy atom. The van der Waals surface area contributed by atoms with E-state index in [0.717, 1.165) is 53.2 Å². The molecule has 4 aromatic rings. The zero-order valence-electron chi connectivity index (χ0n) is 20.9. The number of unbranched alkanes of at least 4 members (excludes halogenated alkanes) is 1. The predicted molar refractivity (Wildman–Crippen MR) is 146 cm³/mol. The van der Waals surface area contributed by atoms with E-state index in [4.69, 9.17) is 4.98 Å². The molecule has 3 heterocycles. The van der Waals surface area contributed by atoms with E-state index in [0.29, 0.717) is 11.5 Å². The monoisotopic (exact) mass is 476 g/mol. The van der Waals surface area contributed by atoms with Crippen LogP contribution in [-0.4, -0.2) is 26.9 Å². The first-order chi connectivity index (χ1) is 17.5. The number of benzene rings is 1. The Balaban J connectivity index is 1.61. The van der Waals surface area contributed by atoms with Crippen LogP contribution in [0.2, 0.25) is 0 Å². The van der Waals surface area contributed by atoms with Crippen LogP contribution >= 0.6 is 0 Å². The summed E-state index contributed by atoms with van der Waals surface area (Å²) in [4.78, 5) is 26.8. The van der Waals surface area contributed by atoms with Gasteiger partial charge >= 0.3 is 0 Å². The number of hydrogen-bond acceptors (Lipinski definition) is 4. The Bertz CT molecular complexity index is 1230. The number of pyridine rings is 3. The van der Waals surface area contributed by atoms with Crippen molar-refractivity contribution in [3.8, 4) is 33.9 Å². The molecule has 182 valence electrons. The van der Waals surface area contributed by atoms with E-state index in [1.165, 1.54) is 0 Å². The van der Waals surface area contributed by atoms with Crippen LogP contribution in [0, 0.1) is 5.92 Å². The van der Waals surface area contributed by atoms with Crippen molar-refractivity contribution in [3.63, 3.8) is 0 Å². The molecular formula is C31H32N4O. The van der Waals surface area contributed by atoms with Crippen LogP contribution in [0.25, 0.3) is 33.9 Å². The van der Waals surface area contributed by atoms with E-state index >= 15 is 0 Å². The van der Waals surface area contributed by atoms with Gasteiger partial charge in [-0.1, -0.05) is 44.2 Å². The molecule has 0 bridgehead atoms. The van der Waals surface area contributed by atoms with Gasteiger partial charge in [-0.3, -0.25) is 14.8 Å². The molecule has 1 aromatic carbocycles. The minimum Gasteiger partial charge on any atom is -0.349 e. The maximum absolute atomic E-state index is 13.0. The Morgan fingerprint density at radius 2 is 1.47 bits per heavy atom. The number of allylic oxidation sites excluding steroid dienone is 1. The average Bonchev–Trinajstić information content (AvgIpc) is 2.93. The van der Waals surface area contributed by atoms with Crippen LogP contribution in [0.3, 0.4) is 0 Å². The third kappa shape index (κ3) is 6.30. The second-order valence-corrected chi connectivity index (χ2v) is 9.18. The van der Waals surface area contributed by atoms with Gasteiger partial charge in [-0.15, -0.1) is 6.58 Å². The van der Waals surface area contributed by atoms with Gasteiger partial charge in [0.05, 0.1) is 22.8 Å². The molecular weight excluding hydrogens is 444 g/mol. The molecule has 5 nitrogen and oxygen atoms in total. The molecule has 0 radical (unpaired) electrons. The van der Waals surface area contributed by atoms with Gasteiger partial charge in [0.25, 0.3) is 5.91 Å². The molecule has 0 saturated heterocycles. The second-order valence-electron chi connectivity index (χ2n) is 9.18. The number of nitrogens with zero attached hydrogens (tertiary/aromatic N) is 3. The van der Waals surface area contributed by atoms with E-state index in [1.54, 1.807) is 12.4 Å². The van der Waals surface area contributed by atoms with Crippen molar-refractivity contribution >= 4 is 5.91 Å². The standard InChI is InChI=1S/C31H32N4O/c1-4-5-6-11-26(22(2)3)35-31(36)24-16-14-23(15-17-24)25-20-29(27-12-7-9-18-32-27)34-30(21-25)28-13-8-10-19-33-28/h4,7-10,12-22,26H,1,5-6,11H2,2-3H3,(H,35,36). The van der Waals surface area contributed by atoms with Crippen molar-refractivity contribution in [2.24, 2.45) is 5.92 Å². The summed E-state index contributed by atoms with van der Waals surface area (Å²) in [5, 5.41) is 3.21. The fourth-order valence-electron chi connectivity index (χ4n) is 4.11. The highest BCUT2D eigenvalue weighted by molar-refractivity contribution is 5.95. The predicted octanol–water partition coefficient (Wildman–Crippen LogP) is 6.98. The number of hydrogen-bond donors (Lipinski definition) is 1. The van der Waals surface area contributed by atoms with E-state index in [1.807, 2.05) is 78.9 Å². The molecule has 0 aliphatic heterocycles. The molecule has 0 fully saturated rings. The van der Waals surface area contributed by atoms with E-state index < -0.39 is 0 Å². The van der Waals surface area contributed by atoms with Crippen LogP contribution in [0.5, 0.6) is 0 Å². The van der Waals surface area contributed by atoms with Crippen molar-refractivity contribution in [3.05, 3.63) is 103 Å². The van der Waals surface area contributed by atoms with Crippen LogP contribution in [0.1, 0.15) is 43.5 Å². The van der Waals surface area contributed by atoms with Crippen molar-refractivity contribution in [1.82, 2.24) is 20.3 Å². The van der Waals surface area contributed by atoms with Crippen LogP contribution in [0.15, 0.2) is 97.8 Å².